The van der Waals surface area contributed by atoms with Crippen molar-refractivity contribution in [2.75, 3.05) is 52.5 Å². The fourth-order valence-electron chi connectivity index (χ4n) is 4.55. The Bertz CT molecular complexity index is 481. The molecular formula is C19H37Cl2N3O3. The highest BCUT2D eigenvalue weighted by atomic mass is 35.5. The molecule has 1 saturated carbocycles. The first-order valence-corrected chi connectivity index (χ1v) is 9.88. The van der Waals surface area contributed by atoms with Crippen LogP contribution in [0.4, 0.5) is 0 Å². The van der Waals surface area contributed by atoms with E-state index >= 15 is 0 Å². The number of nitrogens with zero attached hydrogens (tertiary/aromatic N) is 2. The first-order valence-electron chi connectivity index (χ1n) is 9.88. The summed E-state index contributed by atoms with van der Waals surface area (Å²) >= 11 is 0. The number of carbonyl (C=O) groups excluding carboxylic acids is 1. The van der Waals surface area contributed by atoms with Crippen molar-refractivity contribution in [1.82, 2.24) is 9.80 Å². The number of hydrogen-bond donors (Lipinski definition) is 1. The molecule has 8 heteroatoms. The molecule has 0 bridgehead atoms. The average molecular weight is 426 g/mol. The summed E-state index contributed by atoms with van der Waals surface area (Å²) in [4.78, 5) is 17.6. The van der Waals surface area contributed by atoms with Gasteiger partial charge in [0.15, 0.2) is 0 Å². The van der Waals surface area contributed by atoms with E-state index in [1.54, 1.807) is 0 Å². The van der Waals surface area contributed by atoms with Crippen molar-refractivity contribution in [3.8, 4) is 0 Å². The Morgan fingerprint density at radius 3 is 2.26 bits per heavy atom. The number of likely N-dealkylation sites (tertiary alicyclic amines) is 1. The highest BCUT2D eigenvalue weighted by molar-refractivity contribution is 5.89. The molecule has 2 aliphatic heterocycles. The number of hydrogen-bond acceptors (Lipinski definition) is 5. The zero-order valence-corrected chi connectivity index (χ0v) is 18.6. The molecule has 3 aliphatic rings. The van der Waals surface area contributed by atoms with Crippen LogP contribution in [0, 0.1) is 11.3 Å². The fraction of sp³-hybridized carbons (Fsp3) is 0.947. The van der Waals surface area contributed by atoms with E-state index in [1.165, 1.54) is 0 Å². The topological polar surface area (TPSA) is 68.0 Å². The minimum Gasteiger partial charge on any atom is -0.379 e. The zero-order valence-electron chi connectivity index (χ0n) is 16.9. The Balaban J connectivity index is 0.00000182. The molecular weight excluding hydrogens is 389 g/mol. The van der Waals surface area contributed by atoms with Crippen LogP contribution in [-0.4, -0.2) is 79.9 Å². The van der Waals surface area contributed by atoms with Crippen molar-refractivity contribution < 1.29 is 14.3 Å². The molecule has 27 heavy (non-hydrogen) atoms. The number of morpholine rings is 1. The SMILES string of the molecule is CCOC1CC(N)(C(=O)N2CCC(CN3CCOCC3)CC2)C1(C)C.Cl.Cl. The van der Waals surface area contributed by atoms with Crippen LogP contribution in [0.1, 0.15) is 40.0 Å². The largest absolute Gasteiger partial charge is 0.379 e. The zero-order chi connectivity index (χ0) is 18.1. The van der Waals surface area contributed by atoms with Gasteiger partial charge in [0.2, 0.25) is 5.91 Å². The molecule has 2 N–H and O–H groups in total. The lowest BCUT2D eigenvalue weighted by Gasteiger charge is -2.59. The number of amides is 1. The monoisotopic (exact) mass is 425 g/mol. The molecule has 2 saturated heterocycles. The second-order valence-corrected chi connectivity index (χ2v) is 8.49. The second-order valence-electron chi connectivity index (χ2n) is 8.49. The summed E-state index contributed by atoms with van der Waals surface area (Å²) in [6, 6.07) is 0. The van der Waals surface area contributed by atoms with Gasteiger partial charge in [-0.05, 0) is 25.7 Å². The van der Waals surface area contributed by atoms with Crippen molar-refractivity contribution in [2.24, 2.45) is 17.1 Å². The van der Waals surface area contributed by atoms with Gasteiger partial charge in [0.05, 0.1) is 19.3 Å². The second kappa shape index (κ2) is 10.1. The van der Waals surface area contributed by atoms with Crippen LogP contribution in [0.5, 0.6) is 0 Å². The van der Waals surface area contributed by atoms with E-state index in [-0.39, 0.29) is 42.2 Å². The number of carbonyl (C=O) groups is 1. The van der Waals surface area contributed by atoms with Gasteiger partial charge >= 0.3 is 0 Å². The summed E-state index contributed by atoms with van der Waals surface area (Å²) in [7, 11) is 0. The van der Waals surface area contributed by atoms with Crippen molar-refractivity contribution in [3.63, 3.8) is 0 Å². The van der Waals surface area contributed by atoms with Crippen molar-refractivity contribution in [1.29, 1.82) is 0 Å². The molecule has 160 valence electrons. The molecule has 2 unspecified atom stereocenters. The predicted molar refractivity (Wildman–Crippen MR) is 112 cm³/mol. The molecule has 0 spiro atoms. The molecule has 3 fully saturated rings. The normalized spacial score (nSPS) is 31.4. The Hall–Kier alpha value is -0.110. The van der Waals surface area contributed by atoms with Gasteiger partial charge < -0.3 is 20.1 Å². The molecule has 1 aliphatic carbocycles. The molecule has 1 amide bonds. The van der Waals surface area contributed by atoms with Crippen molar-refractivity contribution in [3.05, 3.63) is 0 Å². The maximum atomic E-state index is 13.1. The average Bonchev–Trinajstić information content (AvgIpc) is 2.62. The number of piperidine rings is 1. The molecule has 0 aromatic rings. The van der Waals surface area contributed by atoms with E-state index in [1.807, 2.05) is 11.8 Å². The molecule has 2 heterocycles. The number of ether oxygens (including phenoxy) is 2. The molecule has 3 rings (SSSR count). The molecule has 2 atom stereocenters. The number of halogens is 2. The van der Waals surface area contributed by atoms with Gasteiger partial charge in [0, 0.05) is 51.2 Å². The highest BCUT2D eigenvalue weighted by Crippen LogP contribution is 2.50. The van der Waals surface area contributed by atoms with Gasteiger partial charge in [-0.2, -0.15) is 0 Å². The Morgan fingerprint density at radius 1 is 1.15 bits per heavy atom. The van der Waals surface area contributed by atoms with E-state index < -0.39 is 5.54 Å². The predicted octanol–water partition coefficient (Wildman–Crippen LogP) is 1.93. The Labute approximate surface area is 176 Å². The summed E-state index contributed by atoms with van der Waals surface area (Å²) in [5.41, 5.74) is 5.49. The van der Waals surface area contributed by atoms with E-state index in [9.17, 15) is 4.79 Å². The third-order valence-corrected chi connectivity index (χ3v) is 6.73. The summed E-state index contributed by atoms with van der Waals surface area (Å²) < 4.78 is 11.2. The van der Waals surface area contributed by atoms with Crippen LogP contribution >= 0.6 is 24.8 Å². The van der Waals surface area contributed by atoms with Crippen LogP contribution in [0.3, 0.4) is 0 Å². The fourth-order valence-corrected chi connectivity index (χ4v) is 4.55. The van der Waals surface area contributed by atoms with Crippen LogP contribution in [0.2, 0.25) is 0 Å². The van der Waals surface area contributed by atoms with Gasteiger partial charge in [-0.25, -0.2) is 0 Å². The van der Waals surface area contributed by atoms with Gasteiger partial charge in [-0.15, -0.1) is 24.8 Å². The van der Waals surface area contributed by atoms with Crippen LogP contribution in [-0.2, 0) is 14.3 Å². The minimum atomic E-state index is -0.774. The first-order chi connectivity index (χ1) is 11.9. The van der Waals surface area contributed by atoms with Gasteiger partial charge in [0.25, 0.3) is 0 Å². The van der Waals surface area contributed by atoms with Gasteiger partial charge in [-0.1, -0.05) is 13.8 Å². The highest BCUT2D eigenvalue weighted by Gasteiger charge is 2.63. The maximum Gasteiger partial charge on any atom is 0.243 e. The number of nitrogens with two attached hydrogens (primary N) is 1. The molecule has 0 aromatic heterocycles. The van der Waals surface area contributed by atoms with E-state index in [4.69, 9.17) is 15.2 Å². The van der Waals surface area contributed by atoms with Crippen LogP contribution < -0.4 is 5.73 Å². The number of rotatable bonds is 5. The molecule has 0 aromatic carbocycles. The molecule has 6 nitrogen and oxygen atoms in total. The van der Waals surface area contributed by atoms with Crippen molar-refractivity contribution in [2.45, 2.75) is 51.7 Å². The summed E-state index contributed by atoms with van der Waals surface area (Å²) in [5, 5.41) is 0. The van der Waals surface area contributed by atoms with Crippen molar-refractivity contribution >= 4 is 30.7 Å². The third kappa shape index (κ3) is 4.90. The van der Waals surface area contributed by atoms with E-state index in [2.05, 4.69) is 18.7 Å². The Kier molecular flexibility index (Phi) is 9.31. The summed E-state index contributed by atoms with van der Waals surface area (Å²) in [6.07, 6.45) is 2.88. The lowest BCUT2D eigenvalue weighted by molar-refractivity contribution is -0.180. The van der Waals surface area contributed by atoms with Crippen LogP contribution in [0.15, 0.2) is 0 Å². The third-order valence-electron chi connectivity index (χ3n) is 6.73. The standard InChI is InChI=1S/C19H35N3O3.2ClH/c1-4-25-16-13-19(20,18(16,2)3)17(23)22-7-5-15(6-8-22)14-21-9-11-24-12-10-21;;/h15-16H,4-14,20H2,1-3H3;2*1H. The summed E-state index contributed by atoms with van der Waals surface area (Å²) in [6.45, 7) is 13.4. The molecule has 0 radical (unpaired) electrons. The minimum absolute atomic E-state index is 0. The first kappa shape index (κ1) is 24.9. The smallest absolute Gasteiger partial charge is 0.243 e. The lowest BCUT2D eigenvalue weighted by Crippen LogP contribution is -2.76. The summed E-state index contributed by atoms with van der Waals surface area (Å²) in [5.74, 6) is 0.805. The van der Waals surface area contributed by atoms with E-state index in [0.717, 1.165) is 58.8 Å². The lowest BCUT2D eigenvalue weighted by atomic mass is 9.54. The van der Waals surface area contributed by atoms with Crippen LogP contribution in [0.25, 0.3) is 0 Å². The quantitative estimate of drug-likeness (QED) is 0.728. The Morgan fingerprint density at radius 2 is 1.74 bits per heavy atom. The van der Waals surface area contributed by atoms with E-state index in [0.29, 0.717) is 18.9 Å². The maximum absolute atomic E-state index is 13.1. The van der Waals surface area contributed by atoms with Gasteiger partial charge in [-0.3, -0.25) is 9.69 Å². The van der Waals surface area contributed by atoms with Gasteiger partial charge in [0.1, 0.15) is 5.54 Å².